The second-order valence-corrected chi connectivity index (χ2v) is 4.14. The van der Waals surface area contributed by atoms with E-state index in [-0.39, 0.29) is 0 Å². The van der Waals surface area contributed by atoms with E-state index in [1.165, 1.54) is 18.4 Å². The molecule has 0 aliphatic heterocycles. The molecule has 84 valence electrons. The van der Waals surface area contributed by atoms with E-state index in [1.54, 1.807) is 0 Å². The van der Waals surface area contributed by atoms with E-state index in [9.17, 15) is 0 Å². The van der Waals surface area contributed by atoms with Crippen LogP contribution in [0.15, 0.2) is 12.2 Å². The Morgan fingerprint density at radius 3 is 2.87 bits per heavy atom. The van der Waals surface area contributed by atoms with Crippen molar-refractivity contribution >= 4 is 0 Å². The normalized spacial score (nSPS) is 15.3. The van der Waals surface area contributed by atoms with Crippen LogP contribution in [0.5, 0.6) is 0 Å². The van der Waals surface area contributed by atoms with E-state index in [0.29, 0.717) is 6.42 Å². The van der Waals surface area contributed by atoms with Gasteiger partial charge in [-0.2, -0.15) is 5.26 Å². The molecule has 0 atom stereocenters. The standard InChI is InChI=1S/C12H21N3/c1-3-14-9-11(2)10-15(8-4-7-13)12-5-6-12/h12,14H,2-6,8-10H2,1H3. The minimum atomic E-state index is 0.630. The molecule has 0 heterocycles. The average molecular weight is 207 g/mol. The van der Waals surface area contributed by atoms with E-state index < -0.39 is 0 Å². The summed E-state index contributed by atoms with van der Waals surface area (Å²) in [6.45, 7) is 9.88. The van der Waals surface area contributed by atoms with Gasteiger partial charge in [-0.1, -0.05) is 13.5 Å². The van der Waals surface area contributed by atoms with Crippen LogP contribution in [0.1, 0.15) is 26.2 Å². The molecule has 15 heavy (non-hydrogen) atoms. The molecule has 0 saturated heterocycles. The van der Waals surface area contributed by atoms with Crippen molar-refractivity contribution in [2.45, 2.75) is 32.2 Å². The third-order valence-electron chi connectivity index (χ3n) is 2.63. The van der Waals surface area contributed by atoms with E-state index in [0.717, 1.165) is 32.2 Å². The number of nitrogens with zero attached hydrogens (tertiary/aromatic N) is 2. The van der Waals surface area contributed by atoms with E-state index in [2.05, 4.69) is 29.8 Å². The zero-order valence-electron chi connectivity index (χ0n) is 9.63. The molecule has 1 aliphatic rings. The third kappa shape index (κ3) is 4.96. The van der Waals surface area contributed by atoms with Crippen LogP contribution in [-0.4, -0.2) is 37.1 Å². The van der Waals surface area contributed by atoms with Crippen molar-refractivity contribution in [2.75, 3.05) is 26.2 Å². The maximum atomic E-state index is 8.58. The third-order valence-corrected chi connectivity index (χ3v) is 2.63. The van der Waals surface area contributed by atoms with E-state index in [1.807, 2.05) is 0 Å². The number of rotatable bonds is 8. The van der Waals surface area contributed by atoms with Crippen molar-refractivity contribution in [1.82, 2.24) is 10.2 Å². The van der Waals surface area contributed by atoms with Gasteiger partial charge in [0.15, 0.2) is 0 Å². The van der Waals surface area contributed by atoms with Gasteiger partial charge in [-0.25, -0.2) is 0 Å². The van der Waals surface area contributed by atoms with E-state index in [4.69, 9.17) is 5.26 Å². The predicted molar refractivity (Wildman–Crippen MR) is 62.5 cm³/mol. The number of nitriles is 1. The van der Waals surface area contributed by atoms with Gasteiger partial charge in [0.1, 0.15) is 0 Å². The van der Waals surface area contributed by atoms with E-state index >= 15 is 0 Å². The fourth-order valence-corrected chi connectivity index (χ4v) is 1.67. The van der Waals surface area contributed by atoms with Gasteiger partial charge in [0, 0.05) is 32.1 Å². The van der Waals surface area contributed by atoms with Crippen LogP contribution in [0.4, 0.5) is 0 Å². The fourth-order valence-electron chi connectivity index (χ4n) is 1.67. The molecule has 1 rings (SSSR count). The van der Waals surface area contributed by atoms with Gasteiger partial charge < -0.3 is 5.32 Å². The summed E-state index contributed by atoms with van der Waals surface area (Å²) in [6.07, 6.45) is 3.21. The quantitative estimate of drug-likeness (QED) is 0.613. The molecule has 0 aromatic rings. The van der Waals surface area contributed by atoms with Crippen molar-refractivity contribution in [3.63, 3.8) is 0 Å². The first-order chi connectivity index (χ1) is 7.27. The maximum Gasteiger partial charge on any atom is 0.0635 e. The summed E-state index contributed by atoms with van der Waals surface area (Å²) in [5, 5.41) is 11.9. The zero-order valence-corrected chi connectivity index (χ0v) is 9.63. The predicted octanol–water partition coefficient (Wildman–Crippen LogP) is 1.53. The molecule has 3 nitrogen and oxygen atoms in total. The van der Waals surface area contributed by atoms with Crippen LogP contribution in [0.2, 0.25) is 0 Å². The van der Waals surface area contributed by atoms with Gasteiger partial charge in [-0.05, 0) is 25.0 Å². The Bertz CT molecular complexity index is 238. The second-order valence-electron chi connectivity index (χ2n) is 4.14. The largest absolute Gasteiger partial charge is 0.313 e. The topological polar surface area (TPSA) is 39.1 Å². The molecule has 0 unspecified atom stereocenters. The van der Waals surface area contributed by atoms with Crippen molar-refractivity contribution in [2.24, 2.45) is 0 Å². The first-order valence-corrected chi connectivity index (χ1v) is 5.76. The summed E-state index contributed by atoms with van der Waals surface area (Å²) >= 11 is 0. The molecule has 0 amide bonds. The lowest BCUT2D eigenvalue weighted by molar-refractivity contribution is 0.290. The minimum Gasteiger partial charge on any atom is -0.313 e. The molecule has 1 N–H and O–H groups in total. The van der Waals surface area contributed by atoms with Gasteiger partial charge in [-0.3, -0.25) is 4.90 Å². The van der Waals surface area contributed by atoms with Crippen LogP contribution < -0.4 is 5.32 Å². The summed E-state index contributed by atoms with van der Waals surface area (Å²) < 4.78 is 0. The Labute approximate surface area is 92.8 Å². The van der Waals surface area contributed by atoms with Gasteiger partial charge in [0.25, 0.3) is 0 Å². The number of hydrogen-bond donors (Lipinski definition) is 1. The lowest BCUT2D eigenvalue weighted by atomic mass is 10.2. The Morgan fingerprint density at radius 2 is 2.33 bits per heavy atom. The smallest absolute Gasteiger partial charge is 0.0635 e. The molecule has 1 aliphatic carbocycles. The average Bonchev–Trinajstić information content (AvgIpc) is 3.04. The van der Waals surface area contributed by atoms with Crippen molar-refractivity contribution in [3.8, 4) is 6.07 Å². The molecule has 0 radical (unpaired) electrons. The summed E-state index contributed by atoms with van der Waals surface area (Å²) in [5.74, 6) is 0. The molecule has 0 bridgehead atoms. The molecule has 0 aromatic heterocycles. The summed E-state index contributed by atoms with van der Waals surface area (Å²) in [4.78, 5) is 2.39. The lowest BCUT2D eigenvalue weighted by Gasteiger charge is -2.21. The Morgan fingerprint density at radius 1 is 1.60 bits per heavy atom. The Balaban J connectivity index is 2.24. The molecule has 0 spiro atoms. The highest BCUT2D eigenvalue weighted by molar-refractivity contribution is 5.02. The first-order valence-electron chi connectivity index (χ1n) is 5.76. The maximum absolute atomic E-state index is 8.58. The van der Waals surface area contributed by atoms with Gasteiger partial charge in [-0.15, -0.1) is 0 Å². The van der Waals surface area contributed by atoms with Gasteiger partial charge >= 0.3 is 0 Å². The van der Waals surface area contributed by atoms with Crippen molar-refractivity contribution < 1.29 is 0 Å². The van der Waals surface area contributed by atoms with Crippen LogP contribution in [-0.2, 0) is 0 Å². The highest BCUT2D eigenvalue weighted by Crippen LogP contribution is 2.27. The molecule has 1 saturated carbocycles. The summed E-state index contributed by atoms with van der Waals surface area (Å²) in [7, 11) is 0. The molecular weight excluding hydrogens is 186 g/mol. The fraction of sp³-hybridized carbons (Fsp3) is 0.750. The van der Waals surface area contributed by atoms with Gasteiger partial charge in [0.05, 0.1) is 6.07 Å². The van der Waals surface area contributed by atoms with Crippen molar-refractivity contribution in [1.29, 1.82) is 5.26 Å². The summed E-state index contributed by atoms with van der Waals surface area (Å²) in [6, 6.07) is 2.93. The monoisotopic (exact) mass is 207 g/mol. The minimum absolute atomic E-state index is 0.630. The highest BCUT2D eigenvalue weighted by atomic mass is 15.2. The number of hydrogen-bond acceptors (Lipinski definition) is 3. The van der Waals surface area contributed by atoms with Crippen LogP contribution in [0, 0.1) is 11.3 Å². The van der Waals surface area contributed by atoms with Crippen molar-refractivity contribution in [3.05, 3.63) is 12.2 Å². The molecule has 3 heteroatoms. The first kappa shape index (κ1) is 12.2. The number of likely N-dealkylation sites (N-methyl/N-ethyl adjacent to an activating group) is 1. The number of nitrogens with one attached hydrogen (secondary N) is 1. The zero-order chi connectivity index (χ0) is 11.1. The van der Waals surface area contributed by atoms with Gasteiger partial charge in [0.2, 0.25) is 0 Å². The molecule has 1 fully saturated rings. The highest BCUT2D eigenvalue weighted by Gasteiger charge is 2.28. The lowest BCUT2D eigenvalue weighted by Crippen LogP contribution is -2.31. The van der Waals surface area contributed by atoms with Crippen LogP contribution in [0.25, 0.3) is 0 Å². The van der Waals surface area contributed by atoms with Crippen LogP contribution >= 0.6 is 0 Å². The second kappa shape index (κ2) is 6.60. The molecule has 0 aromatic carbocycles. The molecular formula is C12H21N3. The SMILES string of the molecule is C=C(CNCC)CN(CCC#N)C1CC1. The Hall–Kier alpha value is -0.850. The summed E-state index contributed by atoms with van der Waals surface area (Å²) in [5.41, 5.74) is 1.22. The Kier molecular flexibility index (Phi) is 5.38. The van der Waals surface area contributed by atoms with Crippen LogP contribution in [0.3, 0.4) is 0 Å².